The number of nitrogens with two attached hydrogens (primary N) is 1. The summed E-state index contributed by atoms with van der Waals surface area (Å²) in [6.07, 6.45) is 8.89. The molecule has 0 spiro atoms. The van der Waals surface area contributed by atoms with E-state index in [0.29, 0.717) is 0 Å². The summed E-state index contributed by atoms with van der Waals surface area (Å²) in [6, 6.07) is 4.14. The molecule has 1 aliphatic carbocycles. The molecule has 0 unspecified atom stereocenters. The van der Waals surface area contributed by atoms with Gasteiger partial charge in [0.2, 0.25) is 0 Å². The Kier molecular flexibility index (Phi) is 2.82. The molecule has 3 rings (SSSR count). The third-order valence-electron chi connectivity index (χ3n) is 4.00. The summed E-state index contributed by atoms with van der Waals surface area (Å²) >= 11 is 0. The Bertz CT molecular complexity index is 552. The van der Waals surface area contributed by atoms with Crippen LogP contribution in [0.4, 0.5) is 0 Å². The lowest BCUT2D eigenvalue weighted by molar-refractivity contribution is 0.289. The average molecular weight is 244 g/mol. The first-order chi connectivity index (χ1) is 8.66. The number of aromatic nitrogens is 3. The standard InChI is InChI=1S/C14H20N4/c1-11-5-8-18-12(9-11)16-17-13(18)10-14(15)6-3-2-4-7-14/h5,8-9H,2-4,6-7,10,15H2,1H3. The second kappa shape index (κ2) is 4.35. The zero-order chi connectivity index (χ0) is 12.6. The fourth-order valence-electron chi connectivity index (χ4n) is 2.91. The molecule has 96 valence electrons. The predicted molar refractivity (Wildman–Crippen MR) is 71.4 cm³/mol. The van der Waals surface area contributed by atoms with Crippen molar-refractivity contribution in [3.05, 3.63) is 29.7 Å². The topological polar surface area (TPSA) is 56.2 Å². The van der Waals surface area contributed by atoms with Gasteiger partial charge in [-0.05, 0) is 37.5 Å². The molecule has 4 heteroatoms. The fourth-order valence-corrected chi connectivity index (χ4v) is 2.91. The highest BCUT2D eigenvalue weighted by molar-refractivity contribution is 5.40. The van der Waals surface area contributed by atoms with Gasteiger partial charge in [-0.15, -0.1) is 10.2 Å². The lowest BCUT2D eigenvalue weighted by Crippen LogP contribution is -2.44. The van der Waals surface area contributed by atoms with E-state index in [-0.39, 0.29) is 5.54 Å². The molecule has 0 atom stereocenters. The van der Waals surface area contributed by atoms with Gasteiger partial charge in [0.25, 0.3) is 0 Å². The van der Waals surface area contributed by atoms with Crippen LogP contribution >= 0.6 is 0 Å². The largest absolute Gasteiger partial charge is 0.325 e. The molecule has 2 aromatic rings. The summed E-state index contributed by atoms with van der Waals surface area (Å²) < 4.78 is 2.07. The van der Waals surface area contributed by atoms with Gasteiger partial charge < -0.3 is 5.73 Å². The van der Waals surface area contributed by atoms with Crippen molar-refractivity contribution in [3.63, 3.8) is 0 Å². The van der Waals surface area contributed by atoms with Crippen molar-refractivity contribution >= 4 is 5.65 Å². The van der Waals surface area contributed by atoms with Gasteiger partial charge in [-0.25, -0.2) is 0 Å². The summed E-state index contributed by atoms with van der Waals surface area (Å²) in [5.41, 5.74) is 8.54. The second-order valence-electron chi connectivity index (χ2n) is 5.65. The average Bonchev–Trinajstić information content (AvgIpc) is 2.72. The van der Waals surface area contributed by atoms with Crippen molar-refractivity contribution < 1.29 is 0 Å². The van der Waals surface area contributed by atoms with Crippen molar-refractivity contribution in [2.75, 3.05) is 0 Å². The maximum atomic E-state index is 6.49. The van der Waals surface area contributed by atoms with Crippen LogP contribution in [0.1, 0.15) is 43.5 Å². The van der Waals surface area contributed by atoms with Crippen LogP contribution < -0.4 is 5.73 Å². The first-order valence-electron chi connectivity index (χ1n) is 6.75. The predicted octanol–water partition coefficient (Wildman–Crippen LogP) is 2.24. The molecule has 2 heterocycles. The Hall–Kier alpha value is -1.42. The monoisotopic (exact) mass is 244 g/mol. The third kappa shape index (κ3) is 2.12. The summed E-state index contributed by atoms with van der Waals surface area (Å²) in [5, 5.41) is 8.54. The molecule has 0 amide bonds. The normalized spacial score (nSPS) is 19.2. The van der Waals surface area contributed by atoms with Crippen LogP contribution in [0.5, 0.6) is 0 Å². The number of nitrogens with zero attached hydrogens (tertiary/aromatic N) is 3. The van der Waals surface area contributed by atoms with Gasteiger partial charge in [0.05, 0.1) is 0 Å². The van der Waals surface area contributed by atoms with Gasteiger partial charge in [-0.3, -0.25) is 4.40 Å². The zero-order valence-corrected chi connectivity index (χ0v) is 10.9. The lowest BCUT2D eigenvalue weighted by atomic mass is 9.80. The Balaban J connectivity index is 1.90. The quantitative estimate of drug-likeness (QED) is 0.881. The van der Waals surface area contributed by atoms with Crippen LogP contribution in [0.2, 0.25) is 0 Å². The van der Waals surface area contributed by atoms with Crippen molar-refractivity contribution in [1.82, 2.24) is 14.6 Å². The number of aryl methyl sites for hydroxylation is 1. The van der Waals surface area contributed by atoms with Gasteiger partial charge in [0, 0.05) is 18.2 Å². The second-order valence-corrected chi connectivity index (χ2v) is 5.65. The van der Waals surface area contributed by atoms with Gasteiger partial charge in [-0.1, -0.05) is 19.3 Å². The molecule has 2 N–H and O–H groups in total. The highest BCUT2D eigenvalue weighted by Crippen LogP contribution is 2.28. The molecule has 2 aromatic heterocycles. The van der Waals surface area contributed by atoms with E-state index in [1.165, 1.54) is 24.8 Å². The molecule has 0 radical (unpaired) electrons. The first-order valence-corrected chi connectivity index (χ1v) is 6.75. The molecule has 4 nitrogen and oxygen atoms in total. The van der Waals surface area contributed by atoms with E-state index in [9.17, 15) is 0 Å². The van der Waals surface area contributed by atoms with E-state index in [2.05, 4.69) is 33.7 Å². The summed E-state index contributed by atoms with van der Waals surface area (Å²) in [5.74, 6) is 0.995. The lowest BCUT2D eigenvalue weighted by Gasteiger charge is -2.32. The van der Waals surface area contributed by atoms with Crippen molar-refractivity contribution in [2.45, 2.75) is 51.0 Å². The smallest absolute Gasteiger partial charge is 0.161 e. The summed E-state index contributed by atoms with van der Waals surface area (Å²) in [7, 11) is 0. The van der Waals surface area contributed by atoms with E-state index < -0.39 is 0 Å². The van der Waals surface area contributed by atoms with Crippen LogP contribution in [0.3, 0.4) is 0 Å². The minimum absolute atomic E-state index is 0.0773. The molecule has 1 saturated carbocycles. The molecular weight excluding hydrogens is 224 g/mol. The van der Waals surface area contributed by atoms with E-state index >= 15 is 0 Å². The highest BCUT2D eigenvalue weighted by atomic mass is 15.2. The number of pyridine rings is 1. The number of hydrogen-bond donors (Lipinski definition) is 1. The maximum Gasteiger partial charge on any atom is 0.161 e. The number of hydrogen-bond acceptors (Lipinski definition) is 3. The van der Waals surface area contributed by atoms with E-state index in [1.54, 1.807) is 0 Å². The van der Waals surface area contributed by atoms with E-state index in [1.807, 2.05) is 6.20 Å². The molecule has 0 bridgehead atoms. The third-order valence-corrected chi connectivity index (χ3v) is 4.00. The number of rotatable bonds is 2. The van der Waals surface area contributed by atoms with Crippen molar-refractivity contribution in [3.8, 4) is 0 Å². The summed E-state index contributed by atoms with van der Waals surface area (Å²) in [6.45, 7) is 2.07. The van der Waals surface area contributed by atoms with Crippen LogP contribution in [0, 0.1) is 6.92 Å². The van der Waals surface area contributed by atoms with Crippen molar-refractivity contribution in [1.29, 1.82) is 0 Å². The Morgan fingerprint density at radius 3 is 2.83 bits per heavy atom. The summed E-state index contributed by atoms with van der Waals surface area (Å²) in [4.78, 5) is 0. The number of fused-ring (bicyclic) bond motifs is 1. The van der Waals surface area contributed by atoms with Crippen molar-refractivity contribution in [2.24, 2.45) is 5.73 Å². The Morgan fingerprint density at radius 1 is 1.28 bits per heavy atom. The van der Waals surface area contributed by atoms with Crippen LogP contribution in [0.25, 0.3) is 5.65 Å². The molecule has 0 saturated heterocycles. The minimum atomic E-state index is -0.0773. The zero-order valence-electron chi connectivity index (χ0n) is 10.9. The van der Waals surface area contributed by atoms with Gasteiger partial charge in [0.1, 0.15) is 5.82 Å². The van der Waals surface area contributed by atoms with Gasteiger partial charge in [0.15, 0.2) is 5.65 Å². The molecule has 0 aromatic carbocycles. The van der Waals surface area contributed by atoms with E-state index in [4.69, 9.17) is 5.73 Å². The van der Waals surface area contributed by atoms with Crippen LogP contribution in [-0.2, 0) is 6.42 Å². The Labute approximate surface area is 107 Å². The molecule has 0 aliphatic heterocycles. The maximum absolute atomic E-state index is 6.49. The first kappa shape index (κ1) is 11.7. The molecule has 1 fully saturated rings. The van der Waals surface area contributed by atoms with Gasteiger partial charge in [-0.2, -0.15) is 0 Å². The minimum Gasteiger partial charge on any atom is -0.325 e. The molecular formula is C14H20N4. The van der Waals surface area contributed by atoms with Crippen LogP contribution in [-0.4, -0.2) is 20.1 Å². The van der Waals surface area contributed by atoms with E-state index in [0.717, 1.165) is 30.7 Å². The highest BCUT2D eigenvalue weighted by Gasteiger charge is 2.29. The Morgan fingerprint density at radius 2 is 2.06 bits per heavy atom. The van der Waals surface area contributed by atoms with Crippen LogP contribution in [0.15, 0.2) is 18.3 Å². The molecule has 1 aliphatic rings. The molecule has 18 heavy (non-hydrogen) atoms. The SMILES string of the molecule is Cc1ccn2c(CC3(N)CCCCC3)nnc2c1. The fraction of sp³-hybridized carbons (Fsp3) is 0.571. The van der Waals surface area contributed by atoms with Gasteiger partial charge >= 0.3 is 0 Å².